The predicted octanol–water partition coefficient (Wildman–Crippen LogP) is 3.08. The molecule has 3 rings (SSSR count). The highest BCUT2D eigenvalue weighted by atomic mass is 35.5. The molecule has 0 unspecified atom stereocenters. The van der Waals surface area contributed by atoms with Crippen LogP contribution in [0, 0.1) is 0 Å². The predicted molar refractivity (Wildman–Crippen MR) is 81.8 cm³/mol. The highest BCUT2D eigenvalue weighted by Gasteiger charge is 2.15. The molecule has 21 heavy (non-hydrogen) atoms. The SMILES string of the molecule is O=S(=O)(Nc1cncc(Cl)n1)c1ccc2ccccc2c1. The fourth-order valence-electron chi connectivity index (χ4n) is 1.92. The number of hydrogen-bond acceptors (Lipinski definition) is 4. The largest absolute Gasteiger partial charge is 0.263 e. The van der Waals surface area contributed by atoms with Crippen molar-refractivity contribution in [2.75, 3.05) is 4.72 Å². The summed E-state index contributed by atoms with van der Waals surface area (Å²) >= 11 is 5.69. The summed E-state index contributed by atoms with van der Waals surface area (Å²) in [6.45, 7) is 0. The Morgan fingerprint density at radius 2 is 1.76 bits per heavy atom. The Labute approximate surface area is 126 Å². The number of rotatable bonds is 3. The number of nitrogens with zero attached hydrogens (tertiary/aromatic N) is 2. The summed E-state index contributed by atoms with van der Waals surface area (Å²) in [5.74, 6) is 0.0793. The van der Waals surface area contributed by atoms with Crippen LogP contribution in [0.1, 0.15) is 0 Å². The summed E-state index contributed by atoms with van der Waals surface area (Å²) in [7, 11) is -3.73. The standard InChI is InChI=1S/C14H10ClN3O2S/c15-13-8-16-9-14(17-13)18-21(19,20)12-6-5-10-3-1-2-4-11(10)7-12/h1-9H,(H,17,18). The Hall–Kier alpha value is -2.18. The summed E-state index contributed by atoms with van der Waals surface area (Å²) < 4.78 is 27.0. The van der Waals surface area contributed by atoms with Gasteiger partial charge < -0.3 is 0 Å². The smallest absolute Gasteiger partial charge is 0.262 e. The monoisotopic (exact) mass is 319 g/mol. The third-order valence-electron chi connectivity index (χ3n) is 2.88. The van der Waals surface area contributed by atoms with Crippen LogP contribution in [0.2, 0.25) is 5.15 Å². The molecule has 0 radical (unpaired) electrons. The topological polar surface area (TPSA) is 72.0 Å². The van der Waals surface area contributed by atoms with Gasteiger partial charge in [0.25, 0.3) is 10.0 Å². The van der Waals surface area contributed by atoms with Gasteiger partial charge in [-0.05, 0) is 22.9 Å². The minimum Gasteiger partial charge on any atom is -0.262 e. The molecule has 0 atom stereocenters. The second-order valence-electron chi connectivity index (χ2n) is 4.34. The number of fused-ring (bicyclic) bond motifs is 1. The maximum Gasteiger partial charge on any atom is 0.263 e. The van der Waals surface area contributed by atoms with Gasteiger partial charge in [-0.3, -0.25) is 9.71 Å². The van der Waals surface area contributed by atoms with Crippen molar-refractivity contribution in [2.45, 2.75) is 4.90 Å². The molecule has 7 heteroatoms. The molecule has 3 aromatic rings. The van der Waals surface area contributed by atoms with Gasteiger partial charge in [0.2, 0.25) is 0 Å². The van der Waals surface area contributed by atoms with Gasteiger partial charge in [-0.15, -0.1) is 0 Å². The quantitative estimate of drug-likeness (QED) is 0.805. The molecule has 0 saturated heterocycles. The number of anilines is 1. The Morgan fingerprint density at radius 3 is 2.52 bits per heavy atom. The first-order valence-corrected chi connectivity index (χ1v) is 7.90. The highest BCUT2D eigenvalue weighted by molar-refractivity contribution is 7.92. The van der Waals surface area contributed by atoms with E-state index in [1.807, 2.05) is 24.3 Å². The number of hydrogen-bond donors (Lipinski definition) is 1. The van der Waals surface area contributed by atoms with Gasteiger partial charge in [0, 0.05) is 0 Å². The summed E-state index contributed by atoms with van der Waals surface area (Å²) in [6, 6.07) is 12.4. The van der Waals surface area contributed by atoms with Crippen LogP contribution in [0.15, 0.2) is 59.8 Å². The zero-order valence-corrected chi connectivity index (χ0v) is 12.3. The van der Waals surface area contributed by atoms with E-state index in [0.717, 1.165) is 10.8 Å². The molecule has 0 bridgehead atoms. The van der Waals surface area contributed by atoms with E-state index < -0.39 is 10.0 Å². The van der Waals surface area contributed by atoms with Gasteiger partial charge in [-0.25, -0.2) is 13.4 Å². The van der Waals surface area contributed by atoms with E-state index in [1.165, 1.54) is 12.4 Å². The first kappa shape index (κ1) is 13.8. The van der Waals surface area contributed by atoms with E-state index in [1.54, 1.807) is 18.2 Å². The number of halogens is 1. The lowest BCUT2D eigenvalue weighted by molar-refractivity contribution is 0.601. The van der Waals surface area contributed by atoms with Gasteiger partial charge in [0.1, 0.15) is 5.15 Å². The molecular formula is C14H10ClN3O2S. The number of benzene rings is 2. The Kier molecular flexibility index (Phi) is 3.48. The summed E-state index contributed by atoms with van der Waals surface area (Å²) in [5.41, 5.74) is 0. The molecule has 1 aromatic heterocycles. The van der Waals surface area contributed by atoms with Crippen LogP contribution in [0.25, 0.3) is 10.8 Å². The molecule has 0 saturated carbocycles. The van der Waals surface area contributed by atoms with Crippen molar-refractivity contribution in [3.8, 4) is 0 Å². The molecule has 5 nitrogen and oxygen atoms in total. The minimum absolute atomic E-state index is 0.0793. The molecule has 0 aliphatic carbocycles. The van der Waals surface area contributed by atoms with Crippen LogP contribution in [0.3, 0.4) is 0 Å². The molecule has 2 aromatic carbocycles. The Balaban J connectivity index is 2.00. The summed E-state index contributed by atoms with van der Waals surface area (Å²) in [6.07, 6.45) is 2.62. The lowest BCUT2D eigenvalue weighted by Crippen LogP contribution is -2.14. The summed E-state index contributed by atoms with van der Waals surface area (Å²) in [5, 5.41) is 1.94. The van der Waals surface area contributed by atoms with E-state index in [-0.39, 0.29) is 15.9 Å². The van der Waals surface area contributed by atoms with Crippen molar-refractivity contribution in [3.05, 3.63) is 60.0 Å². The molecule has 106 valence electrons. The third-order valence-corrected chi connectivity index (χ3v) is 4.41. The lowest BCUT2D eigenvalue weighted by Gasteiger charge is -2.08. The second kappa shape index (κ2) is 5.31. The average molecular weight is 320 g/mol. The highest BCUT2D eigenvalue weighted by Crippen LogP contribution is 2.20. The third kappa shape index (κ3) is 2.96. The molecule has 1 N–H and O–H groups in total. The molecule has 0 spiro atoms. The second-order valence-corrected chi connectivity index (χ2v) is 6.41. The van der Waals surface area contributed by atoms with E-state index in [0.29, 0.717) is 0 Å². The van der Waals surface area contributed by atoms with Crippen LogP contribution >= 0.6 is 11.6 Å². The molecule has 0 amide bonds. The number of aromatic nitrogens is 2. The Bertz CT molecular complexity index is 913. The number of sulfonamides is 1. The molecule has 0 fully saturated rings. The molecule has 0 aliphatic heterocycles. The first-order chi connectivity index (χ1) is 10.0. The van der Waals surface area contributed by atoms with E-state index in [2.05, 4.69) is 14.7 Å². The van der Waals surface area contributed by atoms with Crippen molar-refractivity contribution in [3.63, 3.8) is 0 Å². The van der Waals surface area contributed by atoms with E-state index >= 15 is 0 Å². The van der Waals surface area contributed by atoms with Gasteiger partial charge in [0.05, 0.1) is 17.3 Å². The minimum atomic E-state index is -3.73. The van der Waals surface area contributed by atoms with Crippen molar-refractivity contribution in [1.29, 1.82) is 0 Å². The normalized spacial score (nSPS) is 11.5. The van der Waals surface area contributed by atoms with Crippen LogP contribution < -0.4 is 4.72 Å². The zero-order chi connectivity index (χ0) is 14.9. The zero-order valence-electron chi connectivity index (χ0n) is 10.7. The fraction of sp³-hybridized carbons (Fsp3) is 0. The van der Waals surface area contributed by atoms with Gasteiger partial charge in [-0.1, -0.05) is 41.9 Å². The van der Waals surface area contributed by atoms with Crippen molar-refractivity contribution >= 4 is 38.2 Å². The van der Waals surface area contributed by atoms with E-state index in [9.17, 15) is 8.42 Å². The lowest BCUT2D eigenvalue weighted by atomic mass is 10.1. The number of nitrogens with one attached hydrogen (secondary N) is 1. The van der Waals surface area contributed by atoms with Gasteiger partial charge in [-0.2, -0.15) is 0 Å². The molecular weight excluding hydrogens is 310 g/mol. The Morgan fingerprint density at radius 1 is 1.00 bits per heavy atom. The van der Waals surface area contributed by atoms with Crippen LogP contribution in [-0.4, -0.2) is 18.4 Å². The van der Waals surface area contributed by atoms with Crippen molar-refractivity contribution in [1.82, 2.24) is 9.97 Å². The average Bonchev–Trinajstić information content (AvgIpc) is 2.46. The maximum atomic E-state index is 12.3. The van der Waals surface area contributed by atoms with Crippen molar-refractivity contribution in [2.24, 2.45) is 0 Å². The molecule has 1 heterocycles. The summed E-state index contributed by atoms with van der Waals surface area (Å²) in [4.78, 5) is 7.80. The first-order valence-electron chi connectivity index (χ1n) is 6.04. The van der Waals surface area contributed by atoms with Crippen LogP contribution in [-0.2, 0) is 10.0 Å². The van der Waals surface area contributed by atoms with Crippen LogP contribution in [0.4, 0.5) is 5.82 Å². The molecule has 0 aliphatic rings. The fourth-order valence-corrected chi connectivity index (χ4v) is 3.09. The van der Waals surface area contributed by atoms with Gasteiger partial charge >= 0.3 is 0 Å². The maximum absolute atomic E-state index is 12.3. The van der Waals surface area contributed by atoms with E-state index in [4.69, 9.17) is 11.6 Å². The van der Waals surface area contributed by atoms with Crippen LogP contribution in [0.5, 0.6) is 0 Å². The van der Waals surface area contributed by atoms with Crippen molar-refractivity contribution < 1.29 is 8.42 Å². The van der Waals surface area contributed by atoms with Gasteiger partial charge in [0.15, 0.2) is 5.82 Å².